The number of hydrogen-bond acceptors (Lipinski definition) is 4. The van der Waals surface area contributed by atoms with E-state index < -0.39 is 0 Å². The summed E-state index contributed by atoms with van der Waals surface area (Å²) in [6, 6.07) is 3.27. The van der Waals surface area contributed by atoms with E-state index in [9.17, 15) is 10.2 Å². The Morgan fingerprint density at radius 3 is 2.86 bits per heavy atom. The van der Waals surface area contributed by atoms with Crippen molar-refractivity contribution in [3.8, 4) is 11.5 Å². The molecule has 1 unspecified atom stereocenters. The van der Waals surface area contributed by atoms with E-state index in [0.717, 1.165) is 37.8 Å². The first-order chi connectivity index (χ1) is 10.0. The smallest absolute Gasteiger partial charge is 0.159 e. The molecule has 0 fully saturated rings. The van der Waals surface area contributed by atoms with Crippen LogP contribution in [0.25, 0.3) is 0 Å². The van der Waals surface area contributed by atoms with Crippen LogP contribution in [-0.2, 0) is 6.42 Å². The number of nitrogens with two attached hydrogens (primary N) is 1. The lowest BCUT2D eigenvalue weighted by atomic mass is 9.82. The van der Waals surface area contributed by atoms with E-state index in [1.165, 1.54) is 17.2 Å². The number of phenols is 2. The number of nitrogens with one attached hydrogen (secondary N) is 1. The summed E-state index contributed by atoms with van der Waals surface area (Å²) in [6.45, 7) is 3.18. The van der Waals surface area contributed by atoms with Crippen molar-refractivity contribution in [1.29, 1.82) is 0 Å². The molecular formula is C17H22N2O2. The minimum absolute atomic E-state index is 0.108. The van der Waals surface area contributed by atoms with Gasteiger partial charge in [-0.2, -0.15) is 0 Å². The average Bonchev–Trinajstić information content (AvgIpc) is 2.44. The minimum atomic E-state index is -0.163. The molecule has 4 heteroatoms. The molecule has 0 saturated carbocycles. The number of allylic oxidation sites excluding steroid dienone is 2. The normalized spacial score (nSPS) is 22.0. The van der Waals surface area contributed by atoms with Gasteiger partial charge in [0, 0.05) is 17.8 Å². The van der Waals surface area contributed by atoms with Crippen LogP contribution in [0.4, 0.5) is 5.69 Å². The number of aromatic hydroxyl groups is 2. The Hall–Kier alpha value is -1.94. The van der Waals surface area contributed by atoms with Gasteiger partial charge in [0.1, 0.15) is 0 Å². The zero-order valence-electron chi connectivity index (χ0n) is 12.3. The maximum Gasteiger partial charge on any atom is 0.159 e. The van der Waals surface area contributed by atoms with Gasteiger partial charge in [-0.25, -0.2) is 0 Å². The Labute approximate surface area is 125 Å². The number of benzene rings is 1. The lowest BCUT2D eigenvalue weighted by molar-refractivity contribution is 0.403. The topological polar surface area (TPSA) is 78.5 Å². The van der Waals surface area contributed by atoms with E-state index in [2.05, 4.69) is 18.3 Å². The summed E-state index contributed by atoms with van der Waals surface area (Å²) in [6.07, 6.45) is 6.25. The van der Waals surface area contributed by atoms with E-state index in [1.807, 2.05) is 0 Å². The van der Waals surface area contributed by atoms with Crippen molar-refractivity contribution >= 4 is 5.69 Å². The van der Waals surface area contributed by atoms with Gasteiger partial charge in [0.25, 0.3) is 0 Å². The van der Waals surface area contributed by atoms with E-state index in [4.69, 9.17) is 5.73 Å². The number of nitrogen functional groups attached to an aromatic ring is 1. The molecule has 1 aliphatic heterocycles. The lowest BCUT2D eigenvalue weighted by Gasteiger charge is -2.32. The largest absolute Gasteiger partial charge is 0.504 e. The van der Waals surface area contributed by atoms with Gasteiger partial charge in [-0.15, -0.1) is 0 Å². The summed E-state index contributed by atoms with van der Waals surface area (Å²) >= 11 is 0. The second-order valence-electron chi connectivity index (χ2n) is 6.06. The Bertz CT molecular complexity index is 632. The Morgan fingerprint density at radius 1 is 1.29 bits per heavy atom. The molecule has 1 atom stereocenters. The van der Waals surface area contributed by atoms with Gasteiger partial charge in [-0.3, -0.25) is 0 Å². The standard InChI is InChI=1S/C17H22N2O2/c1-10-2-3-13-11(6-10)4-5-19-15(13)7-12-8-16(20)17(21)9-14(12)18/h2,8-9,15,19-21H,3-7,18H2,1H3. The van der Waals surface area contributed by atoms with Crippen LogP contribution in [-0.4, -0.2) is 22.8 Å². The molecule has 0 radical (unpaired) electrons. The maximum atomic E-state index is 9.67. The molecular weight excluding hydrogens is 264 g/mol. The van der Waals surface area contributed by atoms with Gasteiger partial charge < -0.3 is 21.3 Å². The lowest BCUT2D eigenvalue weighted by Crippen LogP contribution is -2.39. The molecule has 1 aliphatic carbocycles. The highest BCUT2D eigenvalue weighted by Gasteiger charge is 2.25. The molecule has 0 bridgehead atoms. The SMILES string of the molecule is CC1=CCC2=C(CCNC2Cc2cc(O)c(O)cc2N)C1. The highest BCUT2D eigenvalue weighted by Crippen LogP contribution is 2.35. The van der Waals surface area contributed by atoms with Crippen molar-refractivity contribution in [1.82, 2.24) is 5.32 Å². The zero-order chi connectivity index (χ0) is 15.0. The molecule has 4 nitrogen and oxygen atoms in total. The third-order valence-electron chi connectivity index (χ3n) is 4.52. The van der Waals surface area contributed by atoms with Crippen LogP contribution in [0.5, 0.6) is 11.5 Å². The van der Waals surface area contributed by atoms with Gasteiger partial charge in [0.05, 0.1) is 0 Å². The fraction of sp³-hybridized carbons (Fsp3) is 0.412. The molecule has 5 N–H and O–H groups in total. The number of rotatable bonds is 2. The minimum Gasteiger partial charge on any atom is -0.504 e. The van der Waals surface area contributed by atoms with Crippen LogP contribution in [0.15, 0.2) is 34.9 Å². The molecule has 1 aromatic rings. The summed E-state index contributed by atoms with van der Waals surface area (Å²) in [4.78, 5) is 0. The van der Waals surface area contributed by atoms with Crippen molar-refractivity contribution in [3.63, 3.8) is 0 Å². The van der Waals surface area contributed by atoms with Gasteiger partial charge in [0.2, 0.25) is 0 Å². The molecule has 0 aromatic heterocycles. The number of phenolic OH excluding ortho intramolecular Hbond substituents is 2. The third-order valence-corrected chi connectivity index (χ3v) is 4.52. The quantitative estimate of drug-likeness (QED) is 0.292. The molecule has 112 valence electrons. The summed E-state index contributed by atoms with van der Waals surface area (Å²) in [5.41, 5.74) is 11.9. The van der Waals surface area contributed by atoms with E-state index in [1.54, 1.807) is 11.6 Å². The number of hydrogen-bond donors (Lipinski definition) is 4. The third kappa shape index (κ3) is 2.76. The fourth-order valence-electron chi connectivity index (χ4n) is 3.34. The molecule has 1 heterocycles. The van der Waals surface area contributed by atoms with Crippen molar-refractivity contribution in [3.05, 3.63) is 40.5 Å². The first-order valence-electron chi connectivity index (χ1n) is 7.44. The molecule has 0 amide bonds. The monoisotopic (exact) mass is 286 g/mol. The molecule has 21 heavy (non-hydrogen) atoms. The van der Waals surface area contributed by atoms with Crippen LogP contribution < -0.4 is 11.1 Å². The summed E-state index contributed by atoms with van der Waals surface area (Å²) < 4.78 is 0. The van der Waals surface area contributed by atoms with E-state index in [0.29, 0.717) is 5.69 Å². The van der Waals surface area contributed by atoms with Gasteiger partial charge in [-0.05, 0) is 56.4 Å². The van der Waals surface area contributed by atoms with Crippen molar-refractivity contribution in [2.75, 3.05) is 12.3 Å². The van der Waals surface area contributed by atoms with Crippen molar-refractivity contribution < 1.29 is 10.2 Å². The summed E-state index contributed by atoms with van der Waals surface area (Å²) in [7, 11) is 0. The Kier molecular flexibility index (Phi) is 3.64. The van der Waals surface area contributed by atoms with Crippen LogP contribution in [0.2, 0.25) is 0 Å². The maximum absolute atomic E-state index is 9.67. The molecule has 1 aromatic carbocycles. The average molecular weight is 286 g/mol. The molecule has 2 aliphatic rings. The van der Waals surface area contributed by atoms with Gasteiger partial charge >= 0.3 is 0 Å². The summed E-state index contributed by atoms with van der Waals surface area (Å²) in [5, 5.41) is 22.7. The first-order valence-corrected chi connectivity index (χ1v) is 7.44. The van der Waals surface area contributed by atoms with E-state index >= 15 is 0 Å². The highest BCUT2D eigenvalue weighted by atomic mass is 16.3. The molecule has 0 saturated heterocycles. The van der Waals surface area contributed by atoms with Gasteiger partial charge in [0.15, 0.2) is 11.5 Å². The second kappa shape index (κ2) is 5.45. The van der Waals surface area contributed by atoms with Crippen LogP contribution >= 0.6 is 0 Å². The Balaban J connectivity index is 1.85. The first kappa shape index (κ1) is 14.0. The highest BCUT2D eigenvalue weighted by molar-refractivity contribution is 5.57. The van der Waals surface area contributed by atoms with Gasteiger partial charge in [-0.1, -0.05) is 17.2 Å². The van der Waals surface area contributed by atoms with E-state index in [-0.39, 0.29) is 17.5 Å². The molecule has 3 rings (SSSR count). The number of anilines is 1. The van der Waals surface area contributed by atoms with Crippen LogP contribution in [0.1, 0.15) is 31.7 Å². The van der Waals surface area contributed by atoms with Crippen LogP contribution in [0, 0.1) is 0 Å². The summed E-state index contributed by atoms with van der Waals surface area (Å²) in [5.74, 6) is -0.271. The predicted molar refractivity (Wildman–Crippen MR) is 84.3 cm³/mol. The van der Waals surface area contributed by atoms with Crippen molar-refractivity contribution in [2.45, 2.75) is 38.6 Å². The molecule has 0 spiro atoms. The predicted octanol–water partition coefficient (Wildman–Crippen LogP) is 2.62. The Morgan fingerprint density at radius 2 is 2.05 bits per heavy atom. The zero-order valence-corrected chi connectivity index (χ0v) is 12.3. The van der Waals surface area contributed by atoms with Crippen LogP contribution in [0.3, 0.4) is 0 Å². The fourth-order valence-corrected chi connectivity index (χ4v) is 3.34. The second-order valence-corrected chi connectivity index (χ2v) is 6.06. The van der Waals surface area contributed by atoms with Crippen molar-refractivity contribution in [2.24, 2.45) is 0 Å².